The van der Waals surface area contributed by atoms with Crippen molar-refractivity contribution in [2.24, 2.45) is 0 Å². The molecular weight excluding hydrogens is 294 g/mol. The molecule has 8 heteroatoms. The van der Waals surface area contributed by atoms with Crippen LogP contribution in [0.15, 0.2) is 48.8 Å². The number of ether oxygens (including phenoxy) is 1. The van der Waals surface area contributed by atoms with E-state index in [1.54, 1.807) is 12.1 Å². The Hall–Kier alpha value is -3.16. The van der Waals surface area contributed by atoms with Crippen molar-refractivity contribution in [3.63, 3.8) is 0 Å². The van der Waals surface area contributed by atoms with Gasteiger partial charge in [-0.3, -0.25) is 0 Å². The third-order valence-electron chi connectivity index (χ3n) is 2.76. The Labute approximate surface area is 123 Å². The number of carbonyl (C=O) groups is 1. The summed E-state index contributed by atoms with van der Waals surface area (Å²) in [6, 6.07) is 8.78. The molecule has 0 aliphatic rings. The number of aromatic nitrogens is 4. The lowest BCUT2D eigenvalue weighted by molar-refractivity contribution is 0.0733. The smallest absolute Gasteiger partial charge is 0.343 e. The van der Waals surface area contributed by atoms with Gasteiger partial charge in [0.1, 0.15) is 23.7 Å². The summed E-state index contributed by atoms with van der Waals surface area (Å²) in [5, 5.41) is 10.7. The minimum Gasteiger partial charge on any atom is -0.423 e. The Kier molecular flexibility index (Phi) is 3.57. The zero-order valence-corrected chi connectivity index (χ0v) is 11.0. The number of hydrogen-bond acceptors (Lipinski definition) is 5. The van der Waals surface area contributed by atoms with E-state index in [1.807, 2.05) is 0 Å². The van der Waals surface area contributed by atoms with Gasteiger partial charge in [0.15, 0.2) is 0 Å². The van der Waals surface area contributed by atoms with Gasteiger partial charge in [-0.05, 0) is 46.8 Å². The van der Waals surface area contributed by atoms with Crippen LogP contribution in [0.3, 0.4) is 0 Å². The molecule has 0 atom stereocenters. The lowest BCUT2D eigenvalue weighted by Gasteiger charge is -2.06. The molecule has 2 aromatic carbocycles. The summed E-state index contributed by atoms with van der Waals surface area (Å²) in [6.45, 7) is 0. The number of tetrazole rings is 1. The number of benzene rings is 2. The third-order valence-corrected chi connectivity index (χ3v) is 2.76. The second-order valence-corrected chi connectivity index (χ2v) is 4.30. The molecule has 0 bridgehead atoms. The Morgan fingerprint density at radius 2 is 1.73 bits per heavy atom. The summed E-state index contributed by atoms with van der Waals surface area (Å²) in [5.74, 6) is -2.32. The maximum atomic E-state index is 13.1. The van der Waals surface area contributed by atoms with E-state index < -0.39 is 17.6 Å². The summed E-state index contributed by atoms with van der Waals surface area (Å²) < 4.78 is 32.6. The molecule has 0 fully saturated rings. The lowest BCUT2D eigenvalue weighted by atomic mass is 10.2. The molecule has 1 aromatic heterocycles. The van der Waals surface area contributed by atoms with Crippen molar-refractivity contribution in [3.05, 3.63) is 66.0 Å². The Bertz CT molecular complexity index is 784. The molecule has 6 nitrogen and oxygen atoms in total. The molecule has 0 spiro atoms. The second-order valence-electron chi connectivity index (χ2n) is 4.30. The number of nitrogens with zero attached hydrogens (tertiary/aromatic N) is 4. The van der Waals surface area contributed by atoms with Crippen LogP contribution in [0.4, 0.5) is 8.78 Å². The van der Waals surface area contributed by atoms with Crippen molar-refractivity contribution in [1.82, 2.24) is 20.2 Å². The fourth-order valence-corrected chi connectivity index (χ4v) is 1.78. The lowest BCUT2D eigenvalue weighted by Crippen LogP contribution is -2.09. The van der Waals surface area contributed by atoms with Gasteiger partial charge in [0.2, 0.25) is 0 Å². The van der Waals surface area contributed by atoms with Crippen molar-refractivity contribution < 1.29 is 18.3 Å². The van der Waals surface area contributed by atoms with E-state index in [1.165, 1.54) is 23.1 Å². The SMILES string of the molecule is O=C(Oc1ccc(-n2cnnn2)cc1)c1cc(F)cc(F)c1. The first kappa shape index (κ1) is 13.8. The molecule has 110 valence electrons. The van der Waals surface area contributed by atoms with Crippen LogP contribution >= 0.6 is 0 Å². The zero-order chi connectivity index (χ0) is 15.5. The largest absolute Gasteiger partial charge is 0.423 e. The van der Waals surface area contributed by atoms with E-state index in [4.69, 9.17) is 4.74 Å². The Morgan fingerprint density at radius 3 is 2.32 bits per heavy atom. The first-order valence-electron chi connectivity index (χ1n) is 6.13. The fraction of sp³-hybridized carbons (Fsp3) is 0. The van der Waals surface area contributed by atoms with E-state index in [0.29, 0.717) is 11.8 Å². The standard InChI is InChI=1S/C14H8F2N4O2/c15-10-5-9(6-11(16)7-10)14(21)22-13-3-1-12(2-4-13)20-8-17-18-19-20/h1-8H. The fourth-order valence-electron chi connectivity index (χ4n) is 1.78. The van der Waals surface area contributed by atoms with Crippen LogP contribution in [-0.4, -0.2) is 26.2 Å². The number of carbonyl (C=O) groups excluding carboxylic acids is 1. The first-order chi connectivity index (χ1) is 10.6. The van der Waals surface area contributed by atoms with Crippen LogP contribution in [0, 0.1) is 11.6 Å². The van der Waals surface area contributed by atoms with Crippen LogP contribution in [-0.2, 0) is 0 Å². The number of halogens is 2. The topological polar surface area (TPSA) is 69.9 Å². The van der Waals surface area contributed by atoms with Crippen LogP contribution in [0.1, 0.15) is 10.4 Å². The van der Waals surface area contributed by atoms with Gasteiger partial charge >= 0.3 is 5.97 Å². The summed E-state index contributed by atoms with van der Waals surface area (Å²) in [4.78, 5) is 11.8. The van der Waals surface area contributed by atoms with E-state index in [0.717, 1.165) is 12.1 Å². The quantitative estimate of drug-likeness (QED) is 0.548. The molecule has 0 radical (unpaired) electrons. The second kappa shape index (κ2) is 5.68. The average molecular weight is 302 g/mol. The molecule has 22 heavy (non-hydrogen) atoms. The zero-order valence-electron chi connectivity index (χ0n) is 11.0. The number of rotatable bonds is 3. The van der Waals surface area contributed by atoms with Crippen LogP contribution in [0.25, 0.3) is 5.69 Å². The van der Waals surface area contributed by atoms with Gasteiger partial charge in [0, 0.05) is 6.07 Å². The molecule has 0 N–H and O–H groups in total. The van der Waals surface area contributed by atoms with Crippen molar-refractivity contribution in [1.29, 1.82) is 0 Å². The molecule has 1 heterocycles. The minimum absolute atomic E-state index is 0.206. The average Bonchev–Trinajstić information content (AvgIpc) is 3.01. The molecule has 0 amide bonds. The summed E-state index contributed by atoms with van der Waals surface area (Å²) in [7, 11) is 0. The van der Waals surface area contributed by atoms with Crippen molar-refractivity contribution in [2.45, 2.75) is 0 Å². The first-order valence-corrected chi connectivity index (χ1v) is 6.13. The Balaban J connectivity index is 1.76. The van der Waals surface area contributed by atoms with Crippen LogP contribution in [0.5, 0.6) is 5.75 Å². The van der Waals surface area contributed by atoms with Gasteiger partial charge in [-0.1, -0.05) is 0 Å². The summed E-state index contributed by atoms with van der Waals surface area (Å²) in [6.07, 6.45) is 1.41. The van der Waals surface area contributed by atoms with Crippen molar-refractivity contribution >= 4 is 5.97 Å². The molecular formula is C14H8F2N4O2. The monoisotopic (exact) mass is 302 g/mol. The predicted molar refractivity (Wildman–Crippen MR) is 70.5 cm³/mol. The van der Waals surface area contributed by atoms with Gasteiger partial charge in [-0.2, -0.15) is 0 Å². The van der Waals surface area contributed by atoms with Crippen LogP contribution in [0.2, 0.25) is 0 Å². The van der Waals surface area contributed by atoms with E-state index in [9.17, 15) is 13.6 Å². The van der Waals surface area contributed by atoms with Gasteiger partial charge < -0.3 is 4.74 Å². The number of esters is 1. The molecule has 0 saturated carbocycles. The number of hydrogen-bond donors (Lipinski definition) is 0. The maximum Gasteiger partial charge on any atom is 0.343 e. The van der Waals surface area contributed by atoms with Gasteiger partial charge in [-0.25, -0.2) is 18.3 Å². The van der Waals surface area contributed by atoms with E-state index >= 15 is 0 Å². The molecule has 0 unspecified atom stereocenters. The van der Waals surface area contributed by atoms with E-state index in [-0.39, 0.29) is 11.3 Å². The summed E-state index contributed by atoms with van der Waals surface area (Å²) in [5.41, 5.74) is 0.462. The Morgan fingerprint density at radius 1 is 1.05 bits per heavy atom. The highest BCUT2D eigenvalue weighted by molar-refractivity contribution is 5.91. The maximum absolute atomic E-state index is 13.1. The third kappa shape index (κ3) is 2.95. The predicted octanol–water partition coefficient (Wildman–Crippen LogP) is 2.16. The van der Waals surface area contributed by atoms with Gasteiger partial charge in [0.25, 0.3) is 0 Å². The van der Waals surface area contributed by atoms with Crippen molar-refractivity contribution in [2.75, 3.05) is 0 Å². The van der Waals surface area contributed by atoms with E-state index in [2.05, 4.69) is 15.5 Å². The van der Waals surface area contributed by atoms with Gasteiger partial charge in [0.05, 0.1) is 11.3 Å². The van der Waals surface area contributed by atoms with Crippen molar-refractivity contribution in [3.8, 4) is 11.4 Å². The minimum atomic E-state index is -0.853. The van der Waals surface area contributed by atoms with Gasteiger partial charge in [-0.15, -0.1) is 5.10 Å². The van der Waals surface area contributed by atoms with Crippen LogP contribution < -0.4 is 4.74 Å². The highest BCUT2D eigenvalue weighted by atomic mass is 19.1. The molecule has 0 saturated heterocycles. The summed E-state index contributed by atoms with van der Waals surface area (Å²) >= 11 is 0. The molecule has 0 aliphatic heterocycles. The normalized spacial score (nSPS) is 10.5. The molecule has 3 aromatic rings. The highest BCUT2D eigenvalue weighted by Gasteiger charge is 2.12. The molecule has 0 aliphatic carbocycles. The molecule has 3 rings (SSSR count). The highest BCUT2D eigenvalue weighted by Crippen LogP contribution is 2.17.